The van der Waals surface area contributed by atoms with Crippen LogP contribution in [0.25, 0.3) is 0 Å². The smallest absolute Gasteiger partial charge is 0.478 e. The number of carbonyl (C=O) groups is 1. The van der Waals surface area contributed by atoms with Crippen LogP contribution in [0.4, 0.5) is 4.39 Å². The number of hydrogen-bond acceptors (Lipinski definition) is 3. The Balaban J connectivity index is 2.42. The van der Waals surface area contributed by atoms with Crippen molar-refractivity contribution in [3.8, 4) is 0 Å². The van der Waals surface area contributed by atoms with Crippen molar-refractivity contribution < 1.29 is 23.6 Å². The highest BCUT2D eigenvalue weighted by atomic mass is 19.1. The van der Waals surface area contributed by atoms with Crippen molar-refractivity contribution >= 4 is 18.6 Å². The Morgan fingerprint density at radius 1 is 1.20 bits per heavy atom. The van der Waals surface area contributed by atoms with Gasteiger partial charge in [0.05, 0.1) is 16.8 Å². The largest absolute Gasteiger partial charge is 0.497 e. The first-order chi connectivity index (χ1) is 9.07. The van der Waals surface area contributed by atoms with Gasteiger partial charge in [0.2, 0.25) is 0 Å². The van der Waals surface area contributed by atoms with Crippen molar-refractivity contribution in [3.63, 3.8) is 0 Å². The van der Waals surface area contributed by atoms with Gasteiger partial charge in [-0.3, -0.25) is 0 Å². The molecule has 0 amide bonds. The first kappa shape index (κ1) is 15.0. The third-order valence-corrected chi connectivity index (χ3v) is 4.15. The predicted molar refractivity (Wildman–Crippen MR) is 73.8 cm³/mol. The third-order valence-electron chi connectivity index (χ3n) is 4.15. The monoisotopic (exact) mass is 280 g/mol. The van der Waals surface area contributed by atoms with Crippen LogP contribution in [-0.4, -0.2) is 29.4 Å². The van der Waals surface area contributed by atoms with Gasteiger partial charge in [-0.2, -0.15) is 0 Å². The summed E-state index contributed by atoms with van der Waals surface area (Å²) in [4.78, 5) is 11.0. The van der Waals surface area contributed by atoms with Crippen LogP contribution in [0.1, 0.15) is 43.6 Å². The standard InChI is InChI=1S/C14H18BFO4/c1-8-9(12(17)18)6-7-10(11(8)16)15-19-13(2,3)14(4,5)20-15/h6-7H,1-5H3,(H,17,18). The van der Waals surface area contributed by atoms with Crippen molar-refractivity contribution in [3.05, 3.63) is 29.1 Å². The van der Waals surface area contributed by atoms with Gasteiger partial charge >= 0.3 is 13.1 Å². The Kier molecular flexibility index (Phi) is 3.43. The number of carboxylic acid groups (broad SMARTS) is 1. The summed E-state index contributed by atoms with van der Waals surface area (Å²) in [6, 6.07) is 2.79. The summed E-state index contributed by atoms with van der Waals surface area (Å²) in [5.74, 6) is -1.75. The molecule has 6 heteroatoms. The molecule has 108 valence electrons. The van der Waals surface area contributed by atoms with Crippen LogP contribution in [0.5, 0.6) is 0 Å². The molecular formula is C14H18BFO4. The molecule has 1 fully saturated rings. The Morgan fingerprint density at radius 2 is 1.70 bits per heavy atom. The van der Waals surface area contributed by atoms with Crippen molar-refractivity contribution in [1.82, 2.24) is 0 Å². The molecule has 4 nitrogen and oxygen atoms in total. The van der Waals surface area contributed by atoms with Gasteiger partial charge in [-0.05, 0) is 46.2 Å². The molecule has 1 N–H and O–H groups in total. The van der Waals surface area contributed by atoms with E-state index in [2.05, 4.69) is 0 Å². The molecule has 1 aromatic rings. The van der Waals surface area contributed by atoms with E-state index in [9.17, 15) is 9.18 Å². The van der Waals surface area contributed by atoms with E-state index >= 15 is 0 Å². The van der Waals surface area contributed by atoms with E-state index in [1.807, 2.05) is 27.7 Å². The summed E-state index contributed by atoms with van der Waals surface area (Å²) >= 11 is 0. The second-order valence-corrected chi connectivity index (χ2v) is 6.03. The van der Waals surface area contributed by atoms with Gasteiger partial charge in [0.15, 0.2) is 0 Å². The summed E-state index contributed by atoms with van der Waals surface area (Å²) in [5, 5.41) is 8.98. The molecule has 0 unspecified atom stereocenters. The molecular weight excluding hydrogens is 262 g/mol. The summed E-state index contributed by atoms with van der Waals surface area (Å²) < 4.78 is 25.9. The first-order valence-electron chi connectivity index (χ1n) is 6.45. The van der Waals surface area contributed by atoms with Gasteiger partial charge in [-0.1, -0.05) is 6.07 Å². The number of rotatable bonds is 2. The van der Waals surface area contributed by atoms with E-state index in [0.717, 1.165) is 0 Å². The van der Waals surface area contributed by atoms with E-state index < -0.39 is 30.1 Å². The van der Waals surface area contributed by atoms with Gasteiger partial charge in [-0.15, -0.1) is 0 Å². The van der Waals surface area contributed by atoms with Crippen LogP contribution < -0.4 is 5.46 Å². The predicted octanol–water partition coefficient (Wildman–Crippen LogP) is 2.13. The van der Waals surface area contributed by atoms with Crippen LogP contribution in [0.2, 0.25) is 0 Å². The molecule has 0 aliphatic carbocycles. The molecule has 1 saturated heterocycles. The van der Waals surface area contributed by atoms with Crippen LogP contribution in [-0.2, 0) is 9.31 Å². The lowest BCUT2D eigenvalue weighted by atomic mass is 9.77. The highest BCUT2D eigenvalue weighted by Crippen LogP contribution is 2.36. The molecule has 0 atom stereocenters. The van der Waals surface area contributed by atoms with E-state index in [-0.39, 0.29) is 16.6 Å². The zero-order valence-corrected chi connectivity index (χ0v) is 12.3. The molecule has 2 rings (SSSR count). The van der Waals surface area contributed by atoms with E-state index in [1.165, 1.54) is 19.1 Å². The number of halogens is 1. The highest BCUT2D eigenvalue weighted by molar-refractivity contribution is 6.62. The molecule has 0 bridgehead atoms. The van der Waals surface area contributed by atoms with Gasteiger partial charge < -0.3 is 14.4 Å². The topological polar surface area (TPSA) is 55.8 Å². The Morgan fingerprint density at radius 3 is 2.15 bits per heavy atom. The fraction of sp³-hybridized carbons (Fsp3) is 0.500. The lowest BCUT2D eigenvalue weighted by Gasteiger charge is -2.32. The molecule has 1 aromatic carbocycles. The minimum Gasteiger partial charge on any atom is -0.478 e. The van der Waals surface area contributed by atoms with Gasteiger partial charge in [0.1, 0.15) is 5.82 Å². The molecule has 1 aliphatic heterocycles. The average molecular weight is 280 g/mol. The maximum Gasteiger partial charge on any atom is 0.497 e. The van der Waals surface area contributed by atoms with Crippen molar-refractivity contribution in [2.45, 2.75) is 45.8 Å². The fourth-order valence-corrected chi connectivity index (χ4v) is 2.09. The Labute approximate surface area is 118 Å². The third kappa shape index (κ3) is 2.23. The first-order valence-corrected chi connectivity index (χ1v) is 6.45. The SMILES string of the molecule is Cc1c(C(=O)O)ccc(B2OC(C)(C)C(C)(C)O2)c1F. The molecule has 0 spiro atoms. The molecule has 20 heavy (non-hydrogen) atoms. The lowest BCUT2D eigenvalue weighted by molar-refractivity contribution is 0.00578. The maximum atomic E-state index is 14.4. The summed E-state index contributed by atoms with van der Waals surface area (Å²) in [6.07, 6.45) is 0. The summed E-state index contributed by atoms with van der Waals surface area (Å²) in [6.45, 7) is 8.95. The quantitative estimate of drug-likeness (QED) is 0.843. The lowest BCUT2D eigenvalue weighted by Crippen LogP contribution is -2.41. The molecule has 0 aromatic heterocycles. The number of carboxylic acids is 1. The molecule has 1 aliphatic rings. The maximum absolute atomic E-state index is 14.4. The van der Waals surface area contributed by atoms with E-state index in [4.69, 9.17) is 14.4 Å². The number of hydrogen-bond donors (Lipinski definition) is 1. The summed E-state index contributed by atoms with van der Waals surface area (Å²) in [5.41, 5.74) is -0.869. The highest BCUT2D eigenvalue weighted by Gasteiger charge is 2.52. The van der Waals surface area contributed by atoms with Crippen LogP contribution in [0, 0.1) is 12.7 Å². The Bertz CT molecular complexity index is 553. The van der Waals surface area contributed by atoms with Crippen molar-refractivity contribution in [1.29, 1.82) is 0 Å². The average Bonchev–Trinajstić information content (AvgIpc) is 2.51. The number of benzene rings is 1. The van der Waals surface area contributed by atoms with Crippen LogP contribution in [0.3, 0.4) is 0 Å². The van der Waals surface area contributed by atoms with Crippen LogP contribution >= 0.6 is 0 Å². The normalized spacial score (nSPS) is 20.2. The second-order valence-electron chi connectivity index (χ2n) is 6.03. The van der Waals surface area contributed by atoms with Crippen molar-refractivity contribution in [2.75, 3.05) is 0 Å². The van der Waals surface area contributed by atoms with Gasteiger partial charge in [-0.25, -0.2) is 9.18 Å². The van der Waals surface area contributed by atoms with Crippen molar-refractivity contribution in [2.24, 2.45) is 0 Å². The minimum absolute atomic E-state index is 0.0530. The zero-order valence-electron chi connectivity index (χ0n) is 12.3. The minimum atomic E-state index is -1.15. The molecule has 0 radical (unpaired) electrons. The zero-order chi connectivity index (χ0) is 15.3. The Hall–Kier alpha value is -1.40. The fourth-order valence-electron chi connectivity index (χ4n) is 2.09. The van der Waals surface area contributed by atoms with E-state index in [1.54, 1.807) is 0 Å². The molecule has 1 heterocycles. The van der Waals surface area contributed by atoms with E-state index in [0.29, 0.717) is 0 Å². The summed E-state index contributed by atoms with van der Waals surface area (Å²) in [7, 11) is -0.832. The van der Waals surface area contributed by atoms with Gasteiger partial charge in [0, 0.05) is 5.46 Å². The second kappa shape index (κ2) is 4.57. The number of aromatic carboxylic acids is 1. The van der Waals surface area contributed by atoms with Crippen LogP contribution in [0.15, 0.2) is 12.1 Å². The van der Waals surface area contributed by atoms with Gasteiger partial charge in [0.25, 0.3) is 0 Å². The molecule has 0 saturated carbocycles.